The third-order valence-corrected chi connectivity index (χ3v) is 2.01. The van der Waals surface area contributed by atoms with Gasteiger partial charge in [-0.15, -0.1) is 0 Å². The summed E-state index contributed by atoms with van der Waals surface area (Å²) in [6.45, 7) is 2.03. The molecule has 0 aromatic heterocycles. The molecule has 2 heteroatoms. The van der Waals surface area contributed by atoms with E-state index in [2.05, 4.69) is 6.08 Å². The predicted octanol–water partition coefficient (Wildman–Crippen LogP) is 0.973. The van der Waals surface area contributed by atoms with E-state index in [1.165, 1.54) is 0 Å². The lowest BCUT2D eigenvalue weighted by Crippen LogP contribution is -2.35. The van der Waals surface area contributed by atoms with Crippen molar-refractivity contribution in [3.05, 3.63) is 23.8 Å². The van der Waals surface area contributed by atoms with Gasteiger partial charge in [-0.05, 0) is 25.3 Å². The van der Waals surface area contributed by atoms with Crippen LogP contribution in [0.2, 0.25) is 0 Å². The van der Waals surface area contributed by atoms with Crippen LogP contribution in [0.5, 0.6) is 0 Å². The molecular weight excluding hydrogens is 138 g/mol. The van der Waals surface area contributed by atoms with Gasteiger partial charge in [-0.2, -0.15) is 0 Å². The summed E-state index contributed by atoms with van der Waals surface area (Å²) in [6.07, 6.45) is 8.16. The fourth-order valence-corrected chi connectivity index (χ4v) is 1.13. The van der Waals surface area contributed by atoms with Gasteiger partial charge in [0.2, 0.25) is 0 Å². The number of aliphatic hydroxyl groups is 1. The molecule has 0 spiro atoms. The first-order chi connectivity index (χ1) is 5.17. The third-order valence-electron chi connectivity index (χ3n) is 2.01. The second kappa shape index (κ2) is 3.20. The van der Waals surface area contributed by atoms with Crippen LogP contribution in [-0.2, 0) is 0 Å². The zero-order valence-corrected chi connectivity index (χ0v) is 6.88. The molecule has 62 valence electrons. The van der Waals surface area contributed by atoms with Crippen LogP contribution in [0, 0.1) is 0 Å². The average Bonchev–Trinajstić information content (AvgIpc) is 2.06. The Kier molecular flexibility index (Phi) is 2.47. The van der Waals surface area contributed by atoms with Gasteiger partial charge in [-0.25, -0.2) is 0 Å². The fourth-order valence-electron chi connectivity index (χ4n) is 1.13. The van der Waals surface area contributed by atoms with Gasteiger partial charge in [0, 0.05) is 6.54 Å². The summed E-state index contributed by atoms with van der Waals surface area (Å²) < 4.78 is 0. The Labute approximate surface area is 67.4 Å². The van der Waals surface area contributed by atoms with Crippen LogP contribution in [-0.4, -0.2) is 17.3 Å². The van der Waals surface area contributed by atoms with Crippen molar-refractivity contribution in [1.29, 1.82) is 0 Å². The maximum absolute atomic E-state index is 9.70. The summed E-state index contributed by atoms with van der Waals surface area (Å²) in [6, 6.07) is 0. The van der Waals surface area contributed by atoms with Gasteiger partial charge >= 0.3 is 0 Å². The van der Waals surface area contributed by atoms with E-state index in [1.54, 1.807) is 6.92 Å². The summed E-state index contributed by atoms with van der Waals surface area (Å²) in [4.78, 5) is 0. The molecule has 0 saturated heterocycles. The molecular formula is C9H15NO. The smallest absolute Gasteiger partial charge is 0.0986 e. The minimum Gasteiger partial charge on any atom is -0.384 e. The molecule has 0 bridgehead atoms. The SMILES string of the molecule is CC(O)(CN)C1=CCCC=C1. The average molecular weight is 153 g/mol. The topological polar surface area (TPSA) is 46.2 Å². The van der Waals surface area contributed by atoms with Crippen molar-refractivity contribution < 1.29 is 5.11 Å². The predicted molar refractivity (Wildman–Crippen MR) is 46.1 cm³/mol. The second-order valence-corrected chi connectivity index (χ2v) is 3.12. The van der Waals surface area contributed by atoms with Crippen molar-refractivity contribution in [3.63, 3.8) is 0 Å². The highest BCUT2D eigenvalue weighted by atomic mass is 16.3. The summed E-state index contributed by atoms with van der Waals surface area (Å²) in [7, 11) is 0. The third kappa shape index (κ3) is 1.91. The van der Waals surface area contributed by atoms with Gasteiger partial charge in [0.25, 0.3) is 0 Å². The van der Waals surface area contributed by atoms with Crippen molar-refractivity contribution in [2.24, 2.45) is 5.73 Å². The molecule has 0 heterocycles. The molecule has 0 saturated carbocycles. The Bertz CT molecular complexity index is 192. The molecule has 3 N–H and O–H groups in total. The van der Waals surface area contributed by atoms with Gasteiger partial charge in [-0.1, -0.05) is 18.2 Å². The fraction of sp³-hybridized carbons (Fsp3) is 0.556. The van der Waals surface area contributed by atoms with E-state index in [0.29, 0.717) is 0 Å². The number of rotatable bonds is 2. The van der Waals surface area contributed by atoms with Crippen LogP contribution in [0.15, 0.2) is 23.8 Å². The highest BCUT2D eigenvalue weighted by molar-refractivity contribution is 5.30. The molecule has 1 aliphatic carbocycles. The van der Waals surface area contributed by atoms with Gasteiger partial charge in [-0.3, -0.25) is 0 Å². The van der Waals surface area contributed by atoms with Gasteiger partial charge in [0.05, 0.1) is 5.60 Å². The summed E-state index contributed by atoms with van der Waals surface area (Å²) in [5, 5.41) is 9.70. The Morgan fingerprint density at radius 1 is 1.64 bits per heavy atom. The van der Waals surface area contributed by atoms with E-state index in [9.17, 15) is 5.11 Å². The van der Waals surface area contributed by atoms with Crippen LogP contribution in [0.4, 0.5) is 0 Å². The first kappa shape index (κ1) is 8.50. The first-order valence-corrected chi connectivity index (χ1v) is 3.96. The molecule has 0 fully saturated rings. The van der Waals surface area contributed by atoms with Crippen molar-refractivity contribution in [3.8, 4) is 0 Å². The highest BCUT2D eigenvalue weighted by Gasteiger charge is 2.22. The van der Waals surface area contributed by atoms with E-state index in [-0.39, 0.29) is 6.54 Å². The zero-order chi connectivity index (χ0) is 8.32. The Morgan fingerprint density at radius 3 is 2.82 bits per heavy atom. The van der Waals surface area contributed by atoms with Crippen LogP contribution >= 0.6 is 0 Å². The molecule has 11 heavy (non-hydrogen) atoms. The molecule has 1 rings (SSSR count). The molecule has 1 aliphatic rings. The summed E-state index contributed by atoms with van der Waals surface area (Å²) >= 11 is 0. The van der Waals surface area contributed by atoms with Gasteiger partial charge in [0.15, 0.2) is 0 Å². The van der Waals surface area contributed by atoms with E-state index in [1.807, 2.05) is 12.2 Å². The quantitative estimate of drug-likeness (QED) is 0.621. The molecule has 2 nitrogen and oxygen atoms in total. The molecule has 1 unspecified atom stereocenters. The Balaban J connectivity index is 2.73. The minimum atomic E-state index is -0.836. The lowest BCUT2D eigenvalue weighted by Gasteiger charge is -2.24. The Hall–Kier alpha value is -0.600. The van der Waals surface area contributed by atoms with Crippen molar-refractivity contribution in [2.45, 2.75) is 25.4 Å². The van der Waals surface area contributed by atoms with Crippen molar-refractivity contribution in [2.75, 3.05) is 6.54 Å². The lowest BCUT2D eigenvalue weighted by molar-refractivity contribution is 0.111. The van der Waals surface area contributed by atoms with E-state index >= 15 is 0 Å². The minimum absolute atomic E-state index is 0.281. The number of nitrogens with two attached hydrogens (primary N) is 1. The first-order valence-electron chi connectivity index (χ1n) is 3.96. The standard InChI is InChI=1S/C9H15NO/c1-9(11,7-10)8-5-3-2-4-6-8/h3,5-6,11H,2,4,7,10H2,1H3. The molecule has 1 atom stereocenters. The van der Waals surface area contributed by atoms with Crippen LogP contribution in [0.25, 0.3) is 0 Å². The number of hydrogen-bond donors (Lipinski definition) is 2. The monoisotopic (exact) mass is 153 g/mol. The highest BCUT2D eigenvalue weighted by Crippen LogP contribution is 2.20. The normalized spacial score (nSPS) is 22.6. The summed E-state index contributed by atoms with van der Waals surface area (Å²) in [5.41, 5.74) is 5.53. The largest absolute Gasteiger partial charge is 0.384 e. The molecule has 0 aromatic carbocycles. The van der Waals surface area contributed by atoms with Crippen LogP contribution in [0.1, 0.15) is 19.8 Å². The van der Waals surface area contributed by atoms with Crippen molar-refractivity contribution >= 4 is 0 Å². The van der Waals surface area contributed by atoms with E-state index in [4.69, 9.17) is 5.73 Å². The van der Waals surface area contributed by atoms with E-state index < -0.39 is 5.60 Å². The van der Waals surface area contributed by atoms with Crippen molar-refractivity contribution in [1.82, 2.24) is 0 Å². The molecule has 0 radical (unpaired) electrons. The number of hydrogen-bond acceptors (Lipinski definition) is 2. The maximum atomic E-state index is 9.70. The molecule has 0 amide bonds. The maximum Gasteiger partial charge on any atom is 0.0986 e. The molecule has 0 aromatic rings. The van der Waals surface area contributed by atoms with E-state index in [0.717, 1.165) is 18.4 Å². The van der Waals surface area contributed by atoms with Gasteiger partial charge < -0.3 is 10.8 Å². The summed E-state index contributed by atoms with van der Waals surface area (Å²) in [5.74, 6) is 0. The van der Waals surface area contributed by atoms with Crippen LogP contribution < -0.4 is 5.73 Å². The molecule has 0 aliphatic heterocycles. The Morgan fingerprint density at radius 2 is 2.36 bits per heavy atom. The second-order valence-electron chi connectivity index (χ2n) is 3.12. The zero-order valence-electron chi connectivity index (χ0n) is 6.88. The van der Waals surface area contributed by atoms with Crippen LogP contribution in [0.3, 0.4) is 0 Å². The lowest BCUT2D eigenvalue weighted by atomic mass is 9.91. The number of allylic oxidation sites excluding steroid dienone is 2. The van der Waals surface area contributed by atoms with Gasteiger partial charge in [0.1, 0.15) is 0 Å².